The van der Waals surface area contributed by atoms with Crippen LogP contribution in [0.2, 0.25) is 5.02 Å². The van der Waals surface area contributed by atoms with Gasteiger partial charge in [-0.05, 0) is 12.5 Å². The van der Waals surface area contributed by atoms with Crippen LogP contribution in [0.15, 0.2) is 18.2 Å². The van der Waals surface area contributed by atoms with Crippen molar-refractivity contribution in [2.24, 2.45) is 0 Å². The maximum atomic E-state index is 11.8. The summed E-state index contributed by atoms with van der Waals surface area (Å²) in [6, 6.07) is 4.07. The summed E-state index contributed by atoms with van der Waals surface area (Å²) in [6.07, 6.45) is 0.568. The van der Waals surface area contributed by atoms with Crippen molar-refractivity contribution in [3.63, 3.8) is 0 Å². The van der Waals surface area contributed by atoms with Crippen molar-refractivity contribution in [2.45, 2.75) is 6.42 Å². The van der Waals surface area contributed by atoms with Gasteiger partial charge in [-0.2, -0.15) is 0 Å². The first-order valence-electron chi connectivity index (χ1n) is 5.97. The SMILES string of the molecule is O=C(NCCCOCCO)c1cccc([N+](=O)[O-])c1Cl. The second-order valence-electron chi connectivity index (χ2n) is 3.84. The van der Waals surface area contributed by atoms with Gasteiger partial charge in [0.15, 0.2) is 0 Å². The van der Waals surface area contributed by atoms with Crippen molar-refractivity contribution in [3.05, 3.63) is 38.9 Å². The monoisotopic (exact) mass is 302 g/mol. The minimum Gasteiger partial charge on any atom is -0.394 e. The van der Waals surface area contributed by atoms with Crippen molar-refractivity contribution in [2.75, 3.05) is 26.4 Å². The Morgan fingerprint density at radius 2 is 2.20 bits per heavy atom. The number of amides is 1. The maximum absolute atomic E-state index is 11.8. The molecule has 0 spiro atoms. The molecular weight excluding hydrogens is 288 g/mol. The number of nitro benzene ring substituents is 1. The molecule has 0 saturated heterocycles. The normalized spacial score (nSPS) is 10.3. The van der Waals surface area contributed by atoms with Crippen LogP contribution in [0.5, 0.6) is 0 Å². The van der Waals surface area contributed by atoms with E-state index in [1.807, 2.05) is 0 Å². The number of rotatable bonds is 8. The molecule has 1 rings (SSSR count). The highest BCUT2D eigenvalue weighted by Crippen LogP contribution is 2.27. The van der Waals surface area contributed by atoms with Gasteiger partial charge in [-0.3, -0.25) is 14.9 Å². The molecule has 0 fully saturated rings. The molecule has 7 nitrogen and oxygen atoms in total. The Kier molecular flexibility index (Phi) is 6.92. The lowest BCUT2D eigenvalue weighted by Crippen LogP contribution is -2.25. The predicted molar refractivity (Wildman–Crippen MR) is 73.0 cm³/mol. The molecule has 0 aliphatic heterocycles. The second-order valence-corrected chi connectivity index (χ2v) is 4.22. The van der Waals surface area contributed by atoms with Crippen LogP contribution in [0, 0.1) is 10.1 Å². The molecule has 0 aliphatic carbocycles. The molecule has 0 atom stereocenters. The van der Waals surface area contributed by atoms with E-state index in [0.717, 1.165) is 0 Å². The minimum atomic E-state index is -0.637. The quantitative estimate of drug-likeness (QED) is 0.429. The summed E-state index contributed by atoms with van der Waals surface area (Å²) < 4.78 is 5.03. The fourth-order valence-corrected chi connectivity index (χ4v) is 1.75. The maximum Gasteiger partial charge on any atom is 0.288 e. The molecule has 20 heavy (non-hydrogen) atoms. The van der Waals surface area contributed by atoms with Crippen molar-refractivity contribution in [1.82, 2.24) is 5.32 Å². The Balaban J connectivity index is 2.52. The van der Waals surface area contributed by atoms with Crippen LogP contribution in [0.3, 0.4) is 0 Å². The lowest BCUT2D eigenvalue weighted by Gasteiger charge is -2.07. The van der Waals surface area contributed by atoms with Gasteiger partial charge in [0.25, 0.3) is 11.6 Å². The third-order valence-corrected chi connectivity index (χ3v) is 2.80. The van der Waals surface area contributed by atoms with Crippen LogP contribution < -0.4 is 5.32 Å². The molecule has 8 heteroatoms. The summed E-state index contributed by atoms with van der Waals surface area (Å²) in [5.74, 6) is -0.471. The third kappa shape index (κ3) is 4.76. The summed E-state index contributed by atoms with van der Waals surface area (Å²) in [5.41, 5.74) is -0.234. The molecule has 0 bridgehead atoms. The number of halogens is 1. The van der Waals surface area contributed by atoms with Gasteiger partial charge in [0.2, 0.25) is 0 Å². The average Bonchev–Trinajstić information content (AvgIpc) is 2.42. The molecule has 0 heterocycles. The molecule has 2 N–H and O–H groups in total. The Bertz CT molecular complexity index is 481. The zero-order valence-electron chi connectivity index (χ0n) is 10.7. The number of nitrogens with one attached hydrogen (secondary N) is 1. The highest BCUT2D eigenvalue weighted by Gasteiger charge is 2.19. The number of aliphatic hydroxyl groups is 1. The van der Waals surface area contributed by atoms with E-state index in [1.54, 1.807) is 0 Å². The Morgan fingerprint density at radius 1 is 1.45 bits per heavy atom. The molecule has 1 amide bonds. The molecule has 1 aromatic rings. The molecule has 0 saturated carbocycles. The third-order valence-electron chi connectivity index (χ3n) is 2.41. The van der Waals surface area contributed by atoms with Gasteiger partial charge >= 0.3 is 0 Å². The fourth-order valence-electron chi connectivity index (χ4n) is 1.47. The van der Waals surface area contributed by atoms with Gasteiger partial charge in [-0.25, -0.2) is 0 Å². The van der Waals surface area contributed by atoms with Crippen LogP contribution in [0.25, 0.3) is 0 Å². The van der Waals surface area contributed by atoms with E-state index in [4.69, 9.17) is 21.4 Å². The second kappa shape index (κ2) is 8.47. The summed E-state index contributed by atoms with van der Waals surface area (Å²) in [6.45, 7) is 0.965. The smallest absolute Gasteiger partial charge is 0.288 e. The van der Waals surface area contributed by atoms with Gasteiger partial charge in [0, 0.05) is 19.2 Å². The van der Waals surface area contributed by atoms with E-state index in [2.05, 4.69) is 5.32 Å². The van der Waals surface area contributed by atoms with E-state index < -0.39 is 10.8 Å². The Labute approximate surface area is 120 Å². The summed E-state index contributed by atoms with van der Waals surface area (Å²) in [5, 5.41) is 21.6. The number of nitro groups is 1. The lowest BCUT2D eigenvalue weighted by atomic mass is 10.2. The van der Waals surface area contributed by atoms with Gasteiger partial charge < -0.3 is 15.2 Å². The Morgan fingerprint density at radius 3 is 2.85 bits per heavy atom. The number of benzene rings is 1. The summed E-state index contributed by atoms with van der Waals surface area (Å²) in [4.78, 5) is 21.9. The fraction of sp³-hybridized carbons (Fsp3) is 0.417. The zero-order valence-corrected chi connectivity index (χ0v) is 11.4. The first-order chi connectivity index (χ1) is 9.57. The highest BCUT2D eigenvalue weighted by atomic mass is 35.5. The summed E-state index contributed by atoms with van der Waals surface area (Å²) in [7, 11) is 0. The molecule has 0 aromatic heterocycles. The van der Waals surface area contributed by atoms with Crippen LogP contribution in [0.4, 0.5) is 5.69 Å². The number of nitrogens with zero attached hydrogens (tertiary/aromatic N) is 1. The average molecular weight is 303 g/mol. The molecule has 1 aromatic carbocycles. The number of hydrogen-bond donors (Lipinski definition) is 2. The van der Waals surface area contributed by atoms with Crippen LogP contribution in [-0.2, 0) is 4.74 Å². The van der Waals surface area contributed by atoms with Crippen molar-refractivity contribution < 1.29 is 19.6 Å². The van der Waals surface area contributed by atoms with Crippen LogP contribution in [0.1, 0.15) is 16.8 Å². The van der Waals surface area contributed by atoms with Gasteiger partial charge in [-0.15, -0.1) is 0 Å². The zero-order chi connectivity index (χ0) is 15.0. The molecule has 0 unspecified atom stereocenters. The van der Waals surface area contributed by atoms with E-state index in [0.29, 0.717) is 19.6 Å². The predicted octanol–water partition coefficient (Wildman–Crippen LogP) is 1.38. The number of carbonyl (C=O) groups is 1. The first-order valence-corrected chi connectivity index (χ1v) is 6.35. The number of hydrogen-bond acceptors (Lipinski definition) is 5. The van der Waals surface area contributed by atoms with Crippen molar-refractivity contribution in [3.8, 4) is 0 Å². The van der Waals surface area contributed by atoms with E-state index in [-0.39, 0.29) is 29.5 Å². The standard InChI is InChI=1S/C12H15ClN2O5/c13-11-9(3-1-4-10(11)15(18)19)12(17)14-5-2-7-20-8-6-16/h1,3-4,16H,2,5-8H2,(H,14,17). The largest absolute Gasteiger partial charge is 0.394 e. The molecule has 110 valence electrons. The highest BCUT2D eigenvalue weighted by molar-refractivity contribution is 6.35. The van der Waals surface area contributed by atoms with Crippen LogP contribution >= 0.6 is 11.6 Å². The minimum absolute atomic E-state index is 0.0460. The van der Waals surface area contributed by atoms with Gasteiger partial charge in [0.1, 0.15) is 5.02 Å². The number of ether oxygens (including phenoxy) is 1. The van der Waals surface area contributed by atoms with Gasteiger partial charge in [0.05, 0.1) is 23.7 Å². The number of aliphatic hydroxyl groups excluding tert-OH is 1. The summed E-state index contributed by atoms with van der Waals surface area (Å²) >= 11 is 5.83. The molecule has 0 radical (unpaired) electrons. The van der Waals surface area contributed by atoms with E-state index in [1.165, 1.54) is 18.2 Å². The van der Waals surface area contributed by atoms with Crippen LogP contribution in [-0.4, -0.2) is 42.3 Å². The molecular formula is C12H15ClN2O5. The lowest BCUT2D eigenvalue weighted by molar-refractivity contribution is -0.384. The Hall–Kier alpha value is -1.70. The molecule has 0 aliphatic rings. The van der Waals surface area contributed by atoms with Gasteiger partial charge in [-0.1, -0.05) is 17.7 Å². The number of carbonyl (C=O) groups excluding carboxylic acids is 1. The van der Waals surface area contributed by atoms with E-state index in [9.17, 15) is 14.9 Å². The van der Waals surface area contributed by atoms with Crippen molar-refractivity contribution in [1.29, 1.82) is 0 Å². The van der Waals surface area contributed by atoms with E-state index >= 15 is 0 Å². The van der Waals surface area contributed by atoms with Crippen molar-refractivity contribution >= 4 is 23.2 Å². The topological polar surface area (TPSA) is 102 Å². The first kappa shape index (κ1) is 16.4.